The Kier molecular flexibility index (Phi) is 6.44. The van der Waals surface area contributed by atoms with Crippen LogP contribution in [0.2, 0.25) is 5.02 Å². The van der Waals surface area contributed by atoms with Gasteiger partial charge >= 0.3 is 0 Å². The van der Waals surface area contributed by atoms with E-state index < -0.39 is 5.60 Å². The van der Waals surface area contributed by atoms with Crippen molar-refractivity contribution < 1.29 is 9.53 Å². The lowest BCUT2D eigenvalue weighted by Crippen LogP contribution is -2.55. The fraction of sp³-hybridized carbons (Fsp3) is 0.500. The first kappa shape index (κ1) is 21.5. The highest BCUT2D eigenvalue weighted by molar-refractivity contribution is 6.30. The minimum atomic E-state index is -0.938. The number of nitrogens with zero attached hydrogens (tertiary/aromatic N) is 4. The minimum Gasteiger partial charge on any atom is -0.478 e. The number of benzene rings is 1. The maximum atomic E-state index is 13.0. The van der Waals surface area contributed by atoms with Crippen LogP contribution in [0, 0.1) is 20.8 Å². The first-order valence-electron chi connectivity index (χ1n) is 9.93. The Labute approximate surface area is 177 Å². The van der Waals surface area contributed by atoms with E-state index in [0.717, 1.165) is 42.4 Å². The lowest BCUT2D eigenvalue weighted by molar-refractivity contribution is -0.147. The van der Waals surface area contributed by atoms with Gasteiger partial charge in [-0.1, -0.05) is 11.6 Å². The van der Waals surface area contributed by atoms with Crippen LogP contribution >= 0.6 is 11.6 Å². The van der Waals surface area contributed by atoms with Crippen LogP contribution in [0.3, 0.4) is 0 Å². The smallest absolute Gasteiger partial charge is 0.266 e. The zero-order valence-corrected chi connectivity index (χ0v) is 18.6. The lowest BCUT2D eigenvalue weighted by Gasteiger charge is -2.38. The Morgan fingerprint density at radius 2 is 1.59 bits per heavy atom. The van der Waals surface area contributed by atoms with Crippen molar-refractivity contribution in [1.82, 2.24) is 19.8 Å². The van der Waals surface area contributed by atoms with Gasteiger partial charge in [0.25, 0.3) is 5.91 Å². The highest BCUT2D eigenvalue weighted by atomic mass is 35.5. The van der Waals surface area contributed by atoms with Crippen molar-refractivity contribution in [3.63, 3.8) is 0 Å². The maximum absolute atomic E-state index is 13.0. The van der Waals surface area contributed by atoms with Crippen LogP contribution in [0.4, 0.5) is 0 Å². The highest BCUT2D eigenvalue weighted by Gasteiger charge is 2.35. The van der Waals surface area contributed by atoms with Crippen molar-refractivity contribution in [2.75, 3.05) is 26.2 Å². The van der Waals surface area contributed by atoms with Crippen molar-refractivity contribution in [2.24, 2.45) is 0 Å². The van der Waals surface area contributed by atoms with Crippen molar-refractivity contribution in [2.45, 2.75) is 46.8 Å². The first-order valence-corrected chi connectivity index (χ1v) is 10.3. The number of hydrogen-bond acceptors (Lipinski definition) is 5. The molecule has 1 aromatic carbocycles. The quantitative estimate of drug-likeness (QED) is 0.745. The summed E-state index contributed by atoms with van der Waals surface area (Å²) >= 11 is 5.92. The third-order valence-corrected chi connectivity index (χ3v) is 5.57. The van der Waals surface area contributed by atoms with Crippen molar-refractivity contribution in [1.29, 1.82) is 0 Å². The first-order chi connectivity index (χ1) is 13.7. The average Bonchev–Trinajstić information content (AvgIpc) is 2.68. The van der Waals surface area contributed by atoms with E-state index in [1.54, 1.807) is 24.3 Å². The monoisotopic (exact) mass is 416 g/mol. The molecule has 0 saturated carbocycles. The largest absolute Gasteiger partial charge is 0.478 e. The fourth-order valence-corrected chi connectivity index (χ4v) is 3.58. The Balaban J connectivity index is 1.57. The van der Waals surface area contributed by atoms with Gasteiger partial charge in [0, 0.05) is 37.7 Å². The van der Waals surface area contributed by atoms with Gasteiger partial charge in [-0.15, -0.1) is 0 Å². The molecule has 1 aliphatic heterocycles. The van der Waals surface area contributed by atoms with Gasteiger partial charge in [0.15, 0.2) is 5.60 Å². The number of carbonyl (C=O) groups is 1. The van der Waals surface area contributed by atoms with Gasteiger partial charge in [-0.3, -0.25) is 19.7 Å². The molecule has 3 rings (SSSR count). The van der Waals surface area contributed by atoms with Crippen LogP contribution < -0.4 is 4.74 Å². The molecule has 6 nitrogen and oxygen atoms in total. The summed E-state index contributed by atoms with van der Waals surface area (Å²) in [5.41, 5.74) is 3.00. The van der Waals surface area contributed by atoms with Gasteiger partial charge in [-0.2, -0.15) is 0 Å². The molecule has 0 spiro atoms. The van der Waals surface area contributed by atoms with Gasteiger partial charge in [0.05, 0.1) is 22.8 Å². The van der Waals surface area contributed by atoms with Gasteiger partial charge < -0.3 is 9.64 Å². The van der Waals surface area contributed by atoms with E-state index >= 15 is 0 Å². The summed E-state index contributed by atoms with van der Waals surface area (Å²) in [5, 5.41) is 0.640. The molecular formula is C22H29ClN4O2. The number of aromatic nitrogens is 2. The zero-order valence-electron chi connectivity index (χ0n) is 17.8. The number of aryl methyl sites for hydroxylation is 3. The van der Waals surface area contributed by atoms with E-state index in [0.29, 0.717) is 23.9 Å². The van der Waals surface area contributed by atoms with E-state index in [1.807, 2.05) is 39.5 Å². The van der Waals surface area contributed by atoms with Crippen molar-refractivity contribution in [3.8, 4) is 5.75 Å². The minimum absolute atomic E-state index is 0.00532. The van der Waals surface area contributed by atoms with Crippen LogP contribution in [0.5, 0.6) is 5.75 Å². The molecule has 0 bridgehead atoms. The van der Waals surface area contributed by atoms with Crippen molar-refractivity contribution >= 4 is 17.5 Å². The normalized spacial score (nSPS) is 15.4. The molecule has 0 radical (unpaired) electrons. The summed E-state index contributed by atoms with van der Waals surface area (Å²) in [7, 11) is 0. The molecule has 7 heteroatoms. The third-order valence-electron chi connectivity index (χ3n) is 5.31. The molecule has 2 heterocycles. The van der Waals surface area contributed by atoms with Crippen LogP contribution in [0.25, 0.3) is 0 Å². The topological polar surface area (TPSA) is 58.6 Å². The summed E-state index contributed by atoms with van der Waals surface area (Å²) < 4.78 is 5.95. The average molecular weight is 417 g/mol. The molecule has 1 aliphatic rings. The fourth-order valence-electron chi connectivity index (χ4n) is 3.45. The van der Waals surface area contributed by atoms with Crippen LogP contribution in [0.15, 0.2) is 24.3 Å². The molecule has 1 amide bonds. The molecule has 1 saturated heterocycles. The number of amides is 1. The molecule has 156 valence electrons. The number of halogens is 1. The Morgan fingerprint density at radius 3 is 2.21 bits per heavy atom. The summed E-state index contributed by atoms with van der Waals surface area (Å²) in [4.78, 5) is 26.5. The van der Waals surface area contributed by atoms with E-state index in [-0.39, 0.29) is 5.91 Å². The van der Waals surface area contributed by atoms with Crippen LogP contribution in [-0.2, 0) is 11.3 Å². The zero-order chi connectivity index (χ0) is 21.2. The second-order valence-corrected chi connectivity index (χ2v) is 8.50. The van der Waals surface area contributed by atoms with E-state index in [4.69, 9.17) is 21.3 Å². The number of ether oxygens (including phenoxy) is 1. The predicted octanol–water partition coefficient (Wildman–Crippen LogP) is 3.56. The van der Waals surface area contributed by atoms with E-state index in [1.165, 1.54) is 0 Å². The molecule has 0 N–H and O–H groups in total. The highest BCUT2D eigenvalue weighted by Crippen LogP contribution is 2.23. The second kappa shape index (κ2) is 8.67. The molecule has 2 aromatic rings. The molecular weight excluding hydrogens is 388 g/mol. The Bertz CT molecular complexity index is 875. The van der Waals surface area contributed by atoms with Gasteiger partial charge in [0.1, 0.15) is 5.75 Å². The molecule has 1 aromatic heterocycles. The number of hydrogen-bond donors (Lipinski definition) is 0. The van der Waals surface area contributed by atoms with Gasteiger partial charge in [-0.05, 0) is 58.9 Å². The molecule has 29 heavy (non-hydrogen) atoms. The SMILES string of the molecule is Cc1nc(C)c(CN2CCN(C(=O)C(C)(C)Oc3ccc(Cl)cc3)CC2)nc1C. The molecule has 1 fully saturated rings. The standard InChI is InChI=1S/C22H29ClN4O2/c1-15-16(2)25-20(17(3)24-15)14-26-10-12-27(13-11-26)21(28)22(4,5)29-19-8-6-18(23)7-9-19/h6-9H,10-14H2,1-5H3. The predicted molar refractivity (Wildman–Crippen MR) is 114 cm³/mol. The lowest BCUT2D eigenvalue weighted by atomic mass is 10.1. The number of carbonyl (C=O) groups excluding carboxylic acids is 1. The van der Waals surface area contributed by atoms with Crippen LogP contribution in [0.1, 0.15) is 36.6 Å². The molecule has 0 unspecified atom stereocenters. The van der Waals surface area contributed by atoms with Gasteiger partial charge in [-0.25, -0.2) is 0 Å². The molecule has 0 atom stereocenters. The second-order valence-electron chi connectivity index (χ2n) is 8.06. The summed E-state index contributed by atoms with van der Waals surface area (Å²) in [6.07, 6.45) is 0. The number of piperazine rings is 1. The van der Waals surface area contributed by atoms with Crippen molar-refractivity contribution in [3.05, 3.63) is 52.1 Å². The summed E-state index contributed by atoms with van der Waals surface area (Å²) in [6, 6.07) is 7.08. The Morgan fingerprint density at radius 1 is 1.00 bits per heavy atom. The van der Waals surface area contributed by atoms with E-state index in [2.05, 4.69) is 9.88 Å². The molecule has 0 aliphatic carbocycles. The van der Waals surface area contributed by atoms with Gasteiger partial charge in [0.2, 0.25) is 0 Å². The third kappa shape index (κ3) is 5.25. The number of rotatable bonds is 5. The summed E-state index contributed by atoms with van der Waals surface area (Å²) in [5.74, 6) is 0.629. The van der Waals surface area contributed by atoms with E-state index in [9.17, 15) is 4.79 Å². The summed E-state index contributed by atoms with van der Waals surface area (Å²) in [6.45, 7) is 13.3. The Hall–Kier alpha value is -2.18. The van der Waals surface area contributed by atoms with Crippen LogP contribution in [-0.4, -0.2) is 57.5 Å². The maximum Gasteiger partial charge on any atom is 0.266 e.